The lowest BCUT2D eigenvalue weighted by Gasteiger charge is -2.37. The number of carbonyl (C=O) groups is 1. The summed E-state index contributed by atoms with van der Waals surface area (Å²) in [4.78, 5) is 14.1. The van der Waals surface area contributed by atoms with Crippen molar-refractivity contribution in [1.29, 1.82) is 0 Å². The molecule has 5 heteroatoms. The quantitative estimate of drug-likeness (QED) is 0.785. The highest BCUT2D eigenvalue weighted by molar-refractivity contribution is 7.92. The summed E-state index contributed by atoms with van der Waals surface area (Å²) in [5.41, 5.74) is 0. The number of sulfone groups is 1. The Kier molecular flexibility index (Phi) is 3.99. The molecule has 2 aliphatic rings. The van der Waals surface area contributed by atoms with Crippen LogP contribution in [0.25, 0.3) is 0 Å². The highest BCUT2D eigenvalue weighted by Gasteiger charge is 2.38. The molecule has 1 aliphatic carbocycles. The molecule has 2 rings (SSSR count). The predicted octanol–water partition coefficient (Wildman–Crippen LogP) is 1.60. The van der Waals surface area contributed by atoms with Gasteiger partial charge in [-0.1, -0.05) is 6.42 Å². The normalized spacial score (nSPS) is 28.5. The number of hydrogen-bond donors (Lipinski definition) is 0. The first kappa shape index (κ1) is 13.8. The molecule has 0 N–H and O–H groups in total. The third kappa shape index (κ3) is 2.71. The first-order valence-electron chi connectivity index (χ1n) is 6.93. The van der Waals surface area contributed by atoms with Gasteiger partial charge in [-0.15, -0.1) is 0 Å². The van der Waals surface area contributed by atoms with E-state index in [1.54, 1.807) is 13.8 Å². The van der Waals surface area contributed by atoms with Crippen molar-refractivity contribution in [3.05, 3.63) is 0 Å². The molecule has 0 aromatic rings. The van der Waals surface area contributed by atoms with Crippen LogP contribution in [0.5, 0.6) is 0 Å². The molecule has 18 heavy (non-hydrogen) atoms. The van der Waals surface area contributed by atoms with Crippen molar-refractivity contribution in [3.63, 3.8) is 0 Å². The summed E-state index contributed by atoms with van der Waals surface area (Å²) in [5.74, 6) is 0.123. The van der Waals surface area contributed by atoms with Crippen molar-refractivity contribution >= 4 is 15.7 Å². The summed E-state index contributed by atoms with van der Waals surface area (Å²) in [6.07, 6.45) is 5.65. The van der Waals surface area contributed by atoms with E-state index in [0.717, 1.165) is 19.4 Å². The van der Waals surface area contributed by atoms with Crippen LogP contribution in [0.1, 0.15) is 46.0 Å². The van der Waals surface area contributed by atoms with E-state index >= 15 is 0 Å². The maximum absolute atomic E-state index is 12.2. The average molecular weight is 273 g/mol. The number of amides is 1. The molecule has 1 heterocycles. The molecule has 4 nitrogen and oxygen atoms in total. The Morgan fingerprint density at radius 3 is 2.56 bits per heavy atom. The Morgan fingerprint density at radius 1 is 1.22 bits per heavy atom. The van der Waals surface area contributed by atoms with Gasteiger partial charge in [-0.2, -0.15) is 0 Å². The second-order valence-electron chi connectivity index (χ2n) is 5.84. The number of hydrogen-bond acceptors (Lipinski definition) is 3. The van der Waals surface area contributed by atoms with Gasteiger partial charge in [0.2, 0.25) is 5.91 Å². The molecule has 0 bridgehead atoms. The lowest BCUT2D eigenvalue weighted by atomic mass is 9.92. The lowest BCUT2D eigenvalue weighted by Crippen LogP contribution is -2.48. The van der Waals surface area contributed by atoms with E-state index in [2.05, 4.69) is 0 Å². The molecule has 1 saturated carbocycles. The molecule has 1 saturated heterocycles. The standard InChI is InChI=1S/C13H23NO3S/c1-10(2)18(16,17)9-13(15)14-8-4-6-11-5-3-7-12(11)14/h10-12H,3-9H2,1-2H3/t11-,12+/m0/s1. The van der Waals surface area contributed by atoms with Crippen LogP contribution in [-0.4, -0.2) is 42.8 Å². The molecule has 104 valence electrons. The topological polar surface area (TPSA) is 54.5 Å². The van der Waals surface area contributed by atoms with E-state index < -0.39 is 15.1 Å². The second-order valence-corrected chi connectivity index (χ2v) is 8.40. The average Bonchev–Trinajstić information content (AvgIpc) is 2.75. The first-order chi connectivity index (χ1) is 8.42. The summed E-state index contributed by atoms with van der Waals surface area (Å²) < 4.78 is 23.7. The van der Waals surface area contributed by atoms with Crippen LogP contribution in [0, 0.1) is 5.92 Å². The molecule has 1 amide bonds. The van der Waals surface area contributed by atoms with E-state index in [-0.39, 0.29) is 11.7 Å². The molecular formula is C13H23NO3S. The van der Waals surface area contributed by atoms with Gasteiger partial charge in [0.05, 0.1) is 5.25 Å². The fraction of sp³-hybridized carbons (Fsp3) is 0.923. The minimum Gasteiger partial charge on any atom is -0.339 e. The summed E-state index contributed by atoms with van der Waals surface area (Å²) in [6, 6.07) is 0.314. The van der Waals surface area contributed by atoms with Crippen LogP contribution in [0.15, 0.2) is 0 Å². The van der Waals surface area contributed by atoms with E-state index in [1.165, 1.54) is 19.3 Å². The van der Waals surface area contributed by atoms with Crippen LogP contribution in [0.2, 0.25) is 0 Å². The van der Waals surface area contributed by atoms with Crippen LogP contribution in [0.4, 0.5) is 0 Å². The van der Waals surface area contributed by atoms with Crippen LogP contribution in [-0.2, 0) is 14.6 Å². The number of carbonyl (C=O) groups excluding carboxylic acids is 1. The Bertz CT molecular complexity index is 416. The van der Waals surface area contributed by atoms with Gasteiger partial charge in [-0.3, -0.25) is 4.79 Å². The number of piperidine rings is 1. The van der Waals surface area contributed by atoms with Crippen molar-refractivity contribution < 1.29 is 13.2 Å². The first-order valence-corrected chi connectivity index (χ1v) is 8.64. The molecule has 2 fully saturated rings. The van der Waals surface area contributed by atoms with Gasteiger partial charge in [-0.25, -0.2) is 8.42 Å². The monoisotopic (exact) mass is 273 g/mol. The minimum absolute atomic E-state index is 0.180. The van der Waals surface area contributed by atoms with Crippen LogP contribution in [0.3, 0.4) is 0 Å². The summed E-state index contributed by atoms with van der Waals surface area (Å²) in [6.45, 7) is 4.02. The van der Waals surface area contributed by atoms with Crippen molar-refractivity contribution in [3.8, 4) is 0 Å². The number of likely N-dealkylation sites (tertiary alicyclic amines) is 1. The molecule has 0 spiro atoms. The van der Waals surface area contributed by atoms with Gasteiger partial charge in [0.1, 0.15) is 5.75 Å². The predicted molar refractivity (Wildman–Crippen MR) is 71.0 cm³/mol. The van der Waals surface area contributed by atoms with E-state index in [0.29, 0.717) is 12.0 Å². The van der Waals surface area contributed by atoms with Crippen molar-refractivity contribution in [2.75, 3.05) is 12.3 Å². The van der Waals surface area contributed by atoms with Crippen molar-refractivity contribution in [2.45, 2.75) is 57.2 Å². The summed E-state index contributed by atoms with van der Waals surface area (Å²) in [5, 5.41) is -0.467. The number of nitrogens with zero attached hydrogens (tertiary/aromatic N) is 1. The zero-order chi connectivity index (χ0) is 13.3. The SMILES string of the molecule is CC(C)S(=O)(=O)CC(=O)N1CCC[C@@H]2CCC[C@H]21. The summed E-state index contributed by atoms with van der Waals surface area (Å²) >= 11 is 0. The highest BCUT2D eigenvalue weighted by atomic mass is 32.2. The van der Waals surface area contributed by atoms with E-state index in [9.17, 15) is 13.2 Å². The maximum Gasteiger partial charge on any atom is 0.238 e. The maximum atomic E-state index is 12.2. The fourth-order valence-electron chi connectivity index (χ4n) is 3.19. The Morgan fingerprint density at radius 2 is 1.89 bits per heavy atom. The van der Waals surface area contributed by atoms with Gasteiger partial charge in [0, 0.05) is 12.6 Å². The lowest BCUT2D eigenvalue weighted by molar-refractivity contribution is -0.133. The molecule has 0 unspecified atom stereocenters. The van der Waals surface area contributed by atoms with Crippen LogP contribution < -0.4 is 0 Å². The van der Waals surface area contributed by atoms with Gasteiger partial charge in [0.15, 0.2) is 9.84 Å². The second kappa shape index (κ2) is 5.19. The molecule has 1 aliphatic heterocycles. The van der Waals surface area contributed by atoms with Gasteiger partial charge in [0.25, 0.3) is 0 Å². The number of fused-ring (bicyclic) bond motifs is 1. The zero-order valence-electron chi connectivity index (χ0n) is 11.3. The Labute approximate surface area is 110 Å². The van der Waals surface area contributed by atoms with Gasteiger partial charge < -0.3 is 4.90 Å². The van der Waals surface area contributed by atoms with E-state index in [1.807, 2.05) is 4.90 Å². The highest BCUT2D eigenvalue weighted by Crippen LogP contribution is 2.36. The molecule has 0 radical (unpaired) electrons. The smallest absolute Gasteiger partial charge is 0.238 e. The molecule has 0 aromatic heterocycles. The van der Waals surface area contributed by atoms with Crippen molar-refractivity contribution in [2.24, 2.45) is 5.92 Å². The molecule has 0 aromatic carbocycles. The minimum atomic E-state index is -3.27. The Balaban J connectivity index is 2.05. The largest absolute Gasteiger partial charge is 0.339 e. The third-order valence-corrected chi connectivity index (χ3v) is 6.44. The zero-order valence-corrected chi connectivity index (χ0v) is 12.1. The van der Waals surface area contributed by atoms with Crippen LogP contribution >= 0.6 is 0 Å². The Hall–Kier alpha value is -0.580. The van der Waals surface area contributed by atoms with Crippen molar-refractivity contribution in [1.82, 2.24) is 4.90 Å². The fourth-order valence-corrected chi connectivity index (χ4v) is 4.03. The summed E-state index contributed by atoms with van der Waals surface area (Å²) in [7, 11) is -3.27. The number of rotatable bonds is 3. The van der Waals surface area contributed by atoms with Gasteiger partial charge >= 0.3 is 0 Å². The third-order valence-electron chi connectivity index (χ3n) is 4.36. The molecular weight excluding hydrogens is 250 g/mol. The van der Waals surface area contributed by atoms with E-state index in [4.69, 9.17) is 0 Å². The van der Waals surface area contributed by atoms with Gasteiger partial charge in [-0.05, 0) is 45.4 Å². The molecule has 2 atom stereocenters.